The highest BCUT2D eigenvalue weighted by Gasteiger charge is 2.08. The molecule has 0 saturated heterocycles. The topological polar surface area (TPSA) is 53.7 Å². The first-order chi connectivity index (χ1) is 8.79. The second kappa shape index (κ2) is 6.20. The van der Waals surface area contributed by atoms with Crippen molar-refractivity contribution in [1.29, 1.82) is 0 Å². The van der Waals surface area contributed by atoms with Crippen LogP contribution >= 0.6 is 11.3 Å². The van der Waals surface area contributed by atoms with Crippen molar-refractivity contribution in [3.8, 4) is 0 Å². The Labute approximate surface area is 110 Å². The maximum atomic E-state index is 4.81. The molecular formula is C12H16N4OS. The quantitative estimate of drug-likeness (QED) is 0.677. The van der Waals surface area contributed by atoms with Crippen LogP contribution in [0.3, 0.4) is 0 Å². The van der Waals surface area contributed by atoms with Crippen molar-refractivity contribution >= 4 is 17.3 Å². The zero-order valence-electron chi connectivity index (χ0n) is 10.5. The van der Waals surface area contributed by atoms with Gasteiger partial charge in [-0.1, -0.05) is 11.2 Å². The van der Waals surface area contributed by atoms with Crippen molar-refractivity contribution in [2.75, 3.05) is 14.1 Å². The van der Waals surface area contributed by atoms with Gasteiger partial charge < -0.3 is 14.7 Å². The molecule has 2 rings (SSSR count). The number of hydrogen-bond acceptors (Lipinski definition) is 4. The summed E-state index contributed by atoms with van der Waals surface area (Å²) in [5.41, 5.74) is 0.886. The van der Waals surface area contributed by atoms with Crippen LogP contribution in [0.25, 0.3) is 0 Å². The van der Waals surface area contributed by atoms with Crippen molar-refractivity contribution in [3.05, 3.63) is 40.4 Å². The highest BCUT2D eigenvalue weighted by atomic mass is 32.1. The number of aromatic nitrogens is 1. The molecule has 0 spiro atoms. The summed E-state index contributed by atoms with van der Waals surface area (Å²) in [7, 11) is 3.74. The van der Waals surface area contributed by atoms with E-state index in [1.165, 1.54) is 4.88 Å². The summed E-state index contributed by atoms with van der Waals surface area (Å²) >= 11 is 1.73. The van der Waals surface area contributed by atoms with Gasteiger partial charge >= 0.3 is 0 Å². The van der Waals surface area contributed by atoms with Crippen LogP contribution < -0.4 is 5.32 Å². The lowest BCUT2D eigenvalue weighted by atomic mass is 10.4. The average molecular weight is 264 g/mol. The van der Waals surface area contributed by atoms with Crippen LogP contribution in [0.2, 0.25) is 0 Å². The van der Waals surface area contributed by atoms with E-state index in [0.29, 0.717) is 6.54 Å². The third-order valence-electron chi connectivity index (χ3n) is 2.46. The summed E-state index contributed by atoms with van der Waals surface area (Å²) in [6.45, 7) is 1.45. The lowest BCUT2D eigenvalue weighted by Gasteiger charge is -2.20. The standard InChI is InChI=1S/C12H16N4OS/c1-13-12(14-8-11-4-3-7-18-11)16(2)9-10-5-6-17-15-10/h3-7H,8-9H2,1-2H3,(H,13,14). The smallest absolute Gasteiger partial charge is 0.194 e. The van der Waals surface area contributed by atoms with Crippen molar-refractivity contribution in [1.82, 2.24) is 15.4 Å². The van der Waals surface area contributed by atoms with Crippen molar-refractivity contribution in [2.24, 2.45) is 4.99 Å². The van der Waals surface area contributed by atoms with Crippen LogP contribution in [0, 0.1) is 0 Å². The predicted molar refractivity (Wildman–Crippen MR) is 72.5 cm³/mol. The number of nitrogens with one attached hydrogen (secondary N) is 1. The Morgan fingerprint density at radius 3 is 3.06 bits per heavy atom. The molecule has 0 aliphatic carbocycles. The predicted octanol–water partition coefficient (Wildman–Crippen LogP) is 1.94. The van der Waals surface area contributed by atoms with Gasteiger partial charge in [-0.3, -0.25) is 4.99 Å². The highest BCUT2D eigenvalue weighted by molar-refractivity contribution is 7.09. The molecule has 96 valence electrons. The maximum Gasteiger partial charge on any atom is 0.194 e. The minimum absolute atomic E-state index is 0.667. The van der Waals surface area contributed by atoms with Crippen molar-refractivity contribution < 1.29 is 4.52 Å². The molecule has 0 aliphatic rings. The molecule has 2 aromatic heterocycles. The van der Waals surface area contributed by atoms with E-state index in [4.69, 9.17) is 4.52 Å². The molecular weight excluding hydrogens is 248 g/mol. The number of nitrogens with zero attached hydrogens (tertiary/aromatic N) is 3. The highest BCUT2D eigenvalue weighted by Crippen LogP contribution is 2.08. The fourth-order valence-electron chi connectivity index (χ4n) is 1.60. The fraction of sp³-hybridized carbons (Fsp3) is 0.333. The summed E-state index contributed by atoms with van der Waals surface area (Å²) in [5.74, 6) is 0.839. The van der Waals surface area contributed by atoms with Gasteiger partial charge in [0.25, 0.3) is 0 Å². The molecule has 5 nitrogen and oxygen atoms in total. The van der Waals surface area contributed by atoms with E-state index in [9.17, 15) is 0 Å². The van der Waals surface area contributed by atoms with Crippen LogP contribution in [0.15, 0.2) is 39.4 Å². The Hall–Kier alpha value is -1.82. The van der Waals surface area contributed by atoms with E-state index in [0.717, 1.165) is 18.2 Å². The number of guanidine groups is 1. The van der Waals surface area contributed by atoms with Crippen LogP contribution in [0.5, 0.6) is 0 Å². The lowest BCUT2D eigenvalue weighted by molar-refractivity contribution is 0.391. The van der Waals surface area contributed by atoms with Gasteiger partial charge in [-0.2, -0.15) is 0 Å². The average Bonchev–Trinajstić information content (AvgIpc) is 3.02. The van der Waals surface area contributed by atoms with Gasteiger partial charge in [0.1, 0.15) is 12.0 Å². The number of aliphatic imine (C=N–C) groups is 1. The van der Waals surface area contributed by atoms with E-state index in [1.807, 2.05) is 24.1 Å². The van der Waals surface area contributed by atoms with E-state index in [-0.39, 0.29) is 0 Å². The van der Waals surface area contributed by atoms with Gasteiger partial charge in [-0.15, -0.1) is 11.3 Å². The maximum absolute atomic E-state index is 4.81. The lowest BCUT2D eigenvalue weighted by Crippen LogP contribution is -2.37. The second-order valence-electron chi connectivity index (χ2n) is 3.83. The molecule has 0 aliphatic heterocycles. The Balaban J connectivity index is 1.88. The molecule has 0 amide bonds. The largest absolute Gasteiger partial charge is 0.364 e. The third-order valence-corrected chi connectivity index (χ3v) is 3.34. The number of hydrogen-bond donors (Lipinski definition) is 1. The Bertz CT molecular complexity index is 478. The molecule has 1 N–H and O–H groups in total. The molecule has 0 atom stereocenters. The zero-order valence-corrected chi connectivity index (χ0v) is 11.3. The molecule has 0 radical (unpaired) electrons. The summed E-state index contributed by atoms with van der Waals surface area (Å²) in [4.78, 5) is 7.53. The number of rotatable bonds is 4. The first-order valence-electron chi connectivity index (χ1n) is 5.63. The van der Waals surface area contributed by atoms with E-state index < -0.39 is 0 Å². The molecule has 2 aromatic rings. The van der Waals surface area contributed by atoms with Gasteiger partial charge in [-0.25, -0.2) is 0 Å². The van der Waals surface area contributed by atoms with E-state index in [1.54, 1.807) is 24.6 Å². The fourth-order valence-corrected chi connectivity index (χ4v) is 2.25. The molecule has 0 fully saturated rings. The van der Waals surface area contributed by atoms with Gasteiger partial charge in [0.05, 0.1) is 13.1 Å². The minimum Gasteiger partial charge on any atom is -0.364 e. The van der Waals surface area contributed by atoms with Gasteiger partial charge in [0.2, 0.25) is 0 Å². The summed E-state index contributed by atoms with van der Waals surface area (Å²) in [6.07, 6.45) is 1.57. The molecule has 0 saturated carbocycles. The zero-order chi connectivity index (χ0) is 12.8. The first kappa shape index (κ1) is 12.6. The van der Waals surface area contributed by atoms with E-state index in [2.05, 4.69) is 26.9 Å². The van der Waals surface area contributed by atoms with Crippen LogP contribution in [0.4, 0.5) is 0 Å². The molecule has 0 unspecified atom stereocenters. The molecule has 2 heterocycles. The molecule has 0 bridgehead atoms. The molecule has 6 heteroatoms. The Kier molecular flexibility index (Phi) is 4.35. The van der Waals surface area contributed by atoms with Crippen molar-refractivity contribution in [2.45, 2.75) is 13.1 Å². The van der Waals surface area contributed by atoms with E-state index >= 15 is 0 Å². The summed E-state index contributed by atoms with van der Waals surface area (Å²) < 4.78 is 4.81. The number of thiophene rings is 1. The molecule has 18 heavy (non-hydrogen) atoms. The van der Waals surface area contributed by atoms with Crippen LogP contribution in [-0.4, -0.2) is 30.1 Å². The molecule has 0 aromatic carbocycles. The SMILES string of the molecule is CN=C(NCc1cccs1)N(C)Cc1ccon1. The van der Waals surface area contributed by atoms with Crippen LogP contribution in [0.1, 0.15) is 10.6 Å². The Morgan fingerprint density at radius 1 is 1.56 bits per heavy atom. The normalized spacial score (nSPS) is 11.6. The van der Waals surface area contributed by atoms with Crippen molar-refractivity contribution in [3.63, 3.8) is 0 Å². The summed E-state index contributed by atoms with van der Waals surface area (Å²) in [5, 5.41) is 9.27. The first-order valence-corrected chi connectivity index (χ1v) is 6.51. The van der Waals surface area contributed by atoms with Gasteiger partial charge in [0, 0.05) is 25.0 Å². The van der Waals surface area contributed by atoms with Gasteiger partial charge in [0.15, 0.2) is 5.96 Å². The summed E-state index contributed by atoms with van der Waals surface area (Å²) in [6, 6.07) is 6.00. The van der Waals surface area contributed by atoms with Gasteiger partial charge in [-0.05, 0) is 11.4 Å². The second-order valence-corrected chi connectivity index (χ2v) is 4.86. The monoisotopic (exact) mass is 264 g/mol. The van der Waals surface area contributed by atoms with Crippen LogP contribution in [-0.2, 0) is 13.1 Å². The minimum atomic E-state index is 0.667. The third kappa shape index (κ3) is 3.33. The Morgan fingerprint density at radius 2 is 2.44 bits per heavy atom.